The maximum absolute atomic E-state index is 11.9. The van der Waals surface area contributed by atoms with E-state index in [1.54, 1.807) is 24.3 Å². The lowest BCUT2D eigenvalue weighted by atomic mass is 10.3. The van der Waals surface area contributed by atoms with Crippen LogP contribution in [0.25, 0.3) is 5.65 Å². The highest BCUT2D eigenvalue weighted by atomic mass is 32.2. The third kappa shape index (κ3) is 3.14. The van der Waals surface area contributed by atoms with Crippen molar-refractivity contribution in [3.8, 4) is 0 Å². The summed E-state index contributed by atoms with van der Waals surface area (Å²) in [5.41, 5.74) is 7.73. The van der Waals surface area contributed by atoms with Gasteiger partial charge in [0.25, 0.3) is 0 Å². The van der Waals surface area contributed by atoms with Crippen molar-refractivity contribution in [1.82, 2.24) is 14.6 Å². The average molecular weight is 299 g/mol. The van der Waals surface area contributed by atoms with E-state index in [2.05, 4.69) is 15.5 Å². The van der Waals surface area contributed by atoms with Crippen LogP contribution < -0.4 is 11.1 Å². The number of nitrogens with two attached hydrogens (primary N) is 1. The van der Waals surface area contributed by atoms with Crippen LogP contribution in [0.1, 0.15) is 0 Å². The molecule has 2 aromatic heterocycles. The average Bonchev–Trinajstić information content (AvgIpc) is 2.88. The van der Waals surface area contributed by atoms with E-state index in [-0.39, 0.29) is 11.7 Å². The van der Waals surface area contributed by atoms with Gasteiger partial charge in [-0.2, -0.15) is 0 Å². The minimum absolute atomic E-state index is 0.113. The number of nitrogen functional groups attached to an aromatic ring is 1. The number of nitrogens with zero attached hydrogens (tertiary/aromatic N) is 3. The fourth-order valence-electron chi connectivity index (χ4n) is 1.86. The Labute approximate surface area is 125 Å². The zero-order valence-corrected chi connectivity index (χ0v) is 11.9. The summed E-state index contributed by atoms with van der Waals surface area (Å²) >= 11 is 1.33. The van der Waals surface area contributed by atoms with E-state index in [4.69, 9.17) is 5.73 Å². The SMILES string of the molecule is Nc1cccc(NC(=O)CSc2nnc3ccccn23)c1. The first kappa shape index (κ1) is 13.4. The molecular formula is C14H13N5OS. The van der Waals surface area contributed by atoms with Crippen molar-refractivity contribution in [1.29, 1.82) is 0 Å². The molecule has 0 spiro atoms. The molecule has 0 saturated carbocycles. The zero-order chi connectivity index (χ0) is 14.7. The van der Waals surface area contributed by atoms with Gasteiger partial charge in [-0.3, -0.25) is 9.20 Å². The van der Waals surface area contributed by atoms with Crippen molar-refractivity contribution in [3.05, 3.63) is 48.7 Å². The van der Waals surface area contributed by atoms with Crippen LogP contribution in [0.3, 0.4) is 0 Å². The number of benzene rings is 1. The van der Waals surface area contributed by atoms with Gasteiger partial charge in [0.05, 0.1) is 5.75 Å². The van der Waals surface area contributed by atoms with Gasteiger partial charge < -0.3 is 11.1 Å². The Hall–Kier alpha value is -2.54. The third-order valence-corrected chi connectivity index (χ3v) is 3.73. The second-order valence-corrected chi connectivity index (χ2v) is 5.32. The number of nitrogens with one attached hydrogen (secondary N) is 1. The van der Waals surface area contributed by atoms with Crippen LogP contribution in [0, 0.1) is 0 Å². The Morgan fingerprint density at radius 1 is 1.24 bits per heavy atom. The molecule has 2 heterocycles. The number of aromatic nitrogens is 3. The Kier molecular flexibility index (Phi) is 3.74. The fraction of sp³-hybridized carbons (Fsp3) is 0.0714. The molecule has 0 aliphatic rings. The van der Waals surface area contributed by atoms with Crippen molar-refractivity contribution in [2.45, 2.75) is 5.16 Å². The van der Waals surface area contributed by atoms with E-state index >= 15 is 0 Å². The summed E-state index contributed by atoms with van der Waals surface area (Å²) in [5.74, 6) is 0.142. The lowest BCUT2D eigenvalue weighted by molar-refractivity contribution is -0.113. The molecule has 1 amide bonds. The molecule has 0 aliphatic heterocycles. The summed E-state index contributed by atoms with van der Waals surface area (Å²) in [6.45, 7) is 0. The zero-order valence-electron chi connectivity index (χ0n) is 11.1. The van der Waals surface area contributed by atoms with Crippen LogP contribution in [0.2, 0.25) is 0 Å². The van der Waals surface area contributed by atoms with E-state index in [0.29, 0.717) is 16.5 Å². The monoisotopic (exact) mass is 299 g/mol. The quantitative estimate of drug-likeness (QED) is 0.569. The van der Waals surface area contributed by atoms with E-state index in [0.717, 1.165) is 5.65 Å². The number of pyridine rings is 1. The Balaban J connectivity index is 1.63. The number of thioether (sulfide) groups is 1. The molecule has 3 aromatic rings. The number of hydrogen-bond acceptors (Lipinski definition) is 5. The summed E-state index contributed by atoms with van der Waals surface area (Å²) in [6.07, 6.45) is 1.87. The van der Waals surface area contributed by atoms with E-state index in [9.17, 15) is 4.79 Å². The molecule has 106 valence electrons. The molecule has 0 unspecified atom stereocenters. The minimum Gasteiger partial charge on any atom is -0.399 e. The highest BCUT2D eigenvalue weighted by Crippen LogP contribution is 2.17. The number of rotatable bonds is 4. The third-order valence-electron chi connectivity index (χ3n) is 2.79. The lowest BCUT2D eigenvalue weighted by Crippen LogP contribution is -2.14. The minimum atomic E-state index is -0.113. The van der Waals surface area contributed by atoms with Gasteiger partial charge >= 0.3 is 0 Å². The number of carbonyl (C=O) groups excluding carboxylic acids is 1. The molecule has 7 heteroatoms. The first-order valence-electron chi connectivity index (χ1n) is 6.30. The maximum atomic E-state index is 11.9. The Bertz CT molecular complexity index is 786. The molecular weight excluding hydrogens is 286 g/mol. The fourth-order valence-corrected chi connectivity index (χ4v) is 2.59. The Morgan fingerprint density at radius 2 is 2.14 bits per heavy atom. The van der Waals surface area contributed by atoms with Gasteiger partial charge in [-0.1, -0.05) is 23.9 Å². The molecule has 0 atom stereocenters. The molecule has 0 radical (unpaired) electrons. The molecule has 21 heavy (non-hydrogen) atoms. The number of anilines is 2. The summed E-state index contributed by atoms with van der Waals surface area (Å²) in [5, 5.41) is 11.6. The van der Waals surface area contributed by atoms with Crippen molar-refractivity contribution in [2.75, 3.05) is 16.8 Å². The first-order valence-corrected chi connectivity index (χ1v) is 7.29. The molecule has 0 bridgehead atoms. The number of carbonyl (C=O) groups is 1. The first-order chi connectivity index (χ1) is 10.2. The van der Waals surface area contributed by atoms with E-state index < -0.39 is 0 Å². The Morgan fingerprint density at radius 3 is 3.00 bits per heavy atom. The number of hydrogen-bond donors (Lipinski definition) is 2. The topological polar surface area (TPSA) is 85.3 Å². The molecule has 0 saturated heterocycles. The largest absolute Gasteiger partial charge is 0.399 e. The van der Waals surface area contributed by atoms with Crippen LogP contribution in [0.5, 0.6) is 0 Å². The van der Waals surface area contributed by atoms with Gasteiger partial charge in [0.2, 0.25) is 5.91 Å². The molecule has 3 N–H and O–H groups in total. The van der Waals surface area contributed by atoms with Gasteiger partial charge in [-0.15, -0.1) is 10.2 Å². The van der Waals surface area contributed by atoms with Crippen LogP contribution in [0.15, 0.2) is 53.8 Å². The summed E-state index contributed by atoms with van der Waals surface area (Å²) < 4.78 is 1.85. The standard InChI is InChI=1S/C14H13N5OS/c15-10-4-3-5-11(8-10)16-13(20)9-21-14-18-17-12-6-1-2-7-19(12)14/h1-8H,9,15H2,(H,16,20). The van der Waals surface area contributed by atoms with Crippen molar-refractivity contribution in [2.24, 2.45) is 0 Å². The highest BCUT2D eigenvalue weighted by molar-refractivity contribution is 7.99. The summed E-state index contributed by atoms with van der Waals surface area (Å²) in [4.78, 5) is 11.9. The van der Waals surface area contributed by atoms with E-state index in [1.807, 2.05) is 28.8 Å². The molecule has 0 fully saturated rings. The maximum Gasteiger partial charge on any atom is 0.234 e. The van der Waals surface area contributed by atoms with Gasteiger partial charge in [0, 0.05) is 17.6 Å². The highest BCUT2D eigenvalue weighted by Gasteiger charge is 2.09. The summed E-state index contributed by atoms with van der Waals surface area (Å²) in [7, 11) is 0. The van der Waals surface area contributed by atoms with Crippen LogP contribution in [-0.4, -0.2) is 26.3 Å². The van der Waals surface area contributed by atoms with Gasteiger partial charge in [-0.25, -0.2) is 0 Å². The van der Waals surface area contributed by atoms with Crippen molar-refractivity contribution < 1.29 is 4.79 Å². The second-order valence-electron chi connectivity index (χ2n) is 4.37. The second kappa shape index (κ2) is 5.84. The number of fused-ring (bicyclic) bond motifs is 1. The smallest absolute Gasteiger partial charge is 0.234 e. The summed E-state index contributed by atoms with van der Waals surface area (Å²) in [6, 6.07) is 12.7. The predicted molar refractivity (Wildman–Crippen MR) is 83.2 cm³/mol. The molecule has 6 nitrogen and oxygen atoms in total. The molecule has 3 rings (SSSR count). The van der Waals surface area contributed by atoms with Gasteiger partial charge in [0.1, 0.15) is 0 Å². The molecule has 1 aromatic carbocycles. The normalized spacial score (nSPS) is 10.7. The number of amides is 1. The van der Waals surface area contributed by atoms with Crippen molar-refractivity contribution >= 4 is 34.7 Å². The predicted octanol–water partition coefficient (Wildman–Crippen LogP) is 2.04. The van der Waals surface area contributed by atoms with Crippen LogP contribution in [-0.2, 0) is 4.79 Å². The lowest BCUT2D eigenvalue weighted by Gasteiger charge is -2.05. The van der Waals surface area contributed by atoms with Crippen LogP contribution in [0.4, 0.5) is 11.4 Å². The van der Waals surface area contributed by atoms with Crippen molar-refractivity contribution in [3.63, 3.8) is 0 Å². The van der Waals surface area contributed by atoms with E-state index in [1.165, 1.54) is 11.8 Å². The molecule has 0 aliphatic carbocycles. The van der Waals surface area contributed by atoms with Crippen LogP contribution >= 0.6 is 11.8 Å². The van der Waals surface area contributed by atoms with Gasteiger partial charge in [-0.05, 0) is 30.3 Å². The van der Waals surface area contributed by atoms with Gasteiger partial charge in [0.15, 0.2) is 10.8 Å².